The first-order valence-corrected chi connectivity index (χ1v) is 5.81. The zero-order valence-electron chi connectivity index (χ0n) is 9.83. The van der Waals surface area contributed by atoms with Crippen molar-refractivity contribution in [2.75, 3.05) is 0 Å². The standard InChI is InChI=1S/C12H20O4/c1-2-3-4-6-10(13)9-11(14)7-5-8-12(15)16/h2-9H2,1H3,(H,15,16). The average Bonchev–Trinajstić information content (AvgIpc) is 2.17. The average molecular weight is 228 g/mol. The highest BCUT2D eigenvalue weighted by molar-refractivity contribution is 5.99. The third kappa shape index (κ3) is 9.37. The summed E-state index contributed by atoms with van der Waals surface area (Å²) >= 11 is 0. The lowest BCUT2D eigenvalue weighted by molar-refractivity contribution is -0.137. The maximum Gasteiger partial charge on any atom is 0.303 e. The quantitative estimate of drug-likeness (QED) is 0.460. The van der Waals surface area contributed by atoms with Crippen LogP contribution in [0, 0.1) is 0 Å². The Labute approximate surface area is 96.0 Å². The Morgan fingerprint density at radius 2 is 1.44 bits per heavy atom. The van der Waals surface area contributed by atoms with E-state index in [9.17, 15) is 14.4 Å². The monoisotopic (exact) mass is 228 g/mol. The van der Waals surface area contributed by atoms with Crippen LogP contribution < -0.4 is 0 Å². The highest BCUT2D eigenvalue weighted by atomic mass is 16.4. The lowest BCUT2D eigenvalue weighted by Gasteiger charge is -2.00. The molecule has 0 aromatic rings. The molecule has 0 aliphatic carbocycles. The van der Waals surface area contributed by atoms with Gasteiger partial charge < -0.3 is 5.11 Å². The molecule has 0 saturated carbocycles. The number of rotatable bonds is 10. The SMILES string of the molecule is CCCCCC(=O)CC(=O)CCCC(=O)O. The summed E-state index contributed by atoms with van der Waals surface area (Å²) in [6, 6.07) is 0. The molecule has 0 amide bonds. The van der Waals surface area contributed by atoms with Crippen LogP contribution in [-0.2, 0) is 14.4 Å². The van der Waals surface area contributed by atoms with Gasteiger partial charge in [-0.1, -0.05) is 19.8 Å². The van der Waals surface area contributed by atoms with Crippen molar-refractivity contribution < 1.29 is 19.5 Å². The molecule has 0 aliphatic rings. The van der Waals surface area contributed by atoms with Gasteiger partial charge in [0.25, 0.3) is 0 Å². The number of carbonyl (C=O) groups excluding carboxylic acids is 2. The predicted octanol–water partition coefficient (Wildman–Crippen LogP) is 2.35. The second-order valence-corrected chi connectivity index (χ2v) is 3.96. The first-order valence-electron chi connectivity index (χ1n) is 5.81. The number of ketones is 2. The molecule has 92 valence electrons. The van der Waals surface area contributed by atoms with Crippen LogP contribution in [0.2, 0.25) is 0 Å². The molecular weight excluding hydrogens is 208 g/mol. The van der Waals surface area contributed by atoms with Gasteiger partial charge in [-0.25, -0.2) is 0 Å². The molecule has 0 bridgehead atoms. The van der Waals surface area contributed by atoms with E-state index in [1.807, 2.05) is 0 Å². The fraction of sp³-hybridized carbons (Fsp3) is 0.750. The molecule has 0 heterocycles. The van der Waals surface area contributed by atoms with Gasteiger partial charge in [-0.3, -0.25) is 14.4 Å². The van der Waals surface area contributed by atoms with Gasteiger partial charge in [-0.2, -0.15) is 0 Å². The van der Waals surface area contributed by atoms with Gasteiger partial charge >= 0.3 is 5.97 Å². The molecule has 0 aromatic carbocycles. The van der Waals surface area contributed by atoms with Crippen molar-refractivity contribution in [3.8, 4) is 0 Å². The van der Waals surface area contributed by atoms with Crippen molar-refractivity contribution in [3.05, 3.63) is 0 Å². The predicted molar refractivity (Wildman–Crippen MR) is 60.3 cm³/mol. The van der Waals surface area contributed by atoms with E-state index < -0.39 is 5.97 Å². The third-order valence-electron chi connectivity index (χ3n) is 2.30. The number of Topliss-reactive ketones (excluding diaryl/α,β-unsaturated/α-hetero) is 2. The topological polar surface area (TPSA) is 71.4 Å². The lowest BCUT2D eigenvalue weighted by Crippen LogP contribution is -2.08. The Morgan fingerprint density at radius 1 is 0.875 bits per heavy atom. The van der Waals surface area contributed by atoms with Gasteiger partial charge in [-0.05, 0) is 12.8 Å². The molecule has 0 saturated heterocycles. The fourth-order valence-electron chi connectivity index (χ4n) is 1.41. The highest BCUT2D eigenvalue weighted by Gasteiger charge is 2.09. The second kappa shape index (κ2) is 9.07. The number of hydrogen-bond acceptors (Lipinski definition) is 3. The second-order valence-electron chi connectivity index (χ2n) is 3.96. The molecule has 0 aromatic heterocycles. The molecule has 1 N–H and O–H groups in total. The van der Waals surface area contributed by atoms with Crippen molar-refractivity contribution in [3.63, 3.8) is 0 Å². The molecule has 0 fully saturated rings. The Morgan fingerprint density at radius 3 is 1.94 bits per heavy atom. The van der Waals surface area contributed by atoms with E-state index in [1.165, 1.54) is 0 Å². The number of carboxylic acid groups (broad SMARTS) is 1. The van der Waals surface area contributed by atoms with Gasteiger partial charge in [0.1, 0.15) is 11.6 Å². The maximum absolute atomic E-state index is 11.3. The summed E-state index contributed by atoms with van der Waals surface area (Å²) in [7, 11) is 0. The van der Waals surface area contributed by atoms with Gasteiger partial charge in [0.05, 0.1) is 6.42 Å². The molecule has 4 heteroatoms. The summed E-state index contributed by atoms with van der Waals surface area (Å²) in [4.78, 5) is 32.7. The van der Waals surface area contributed by atoms with Crippen LogP contribution in [0.5, 0.6) is 0 Å². The third-order valence-corrected chi connectivity index (χ3v) is 2.30. The molecule has 0 unspecified atom stereocenters. The summed E-state index contributed by atoms with van der Waals surface area (Å²) in [5, 5.41) is 8.37. The molecule has 16 heavy (non-hydrogen) atoms. The highest BCUT2D eigenvalue weighted by Crippen LogP contribution is 2.05. The summed E-state index contributed by atoms with van der Waals surface area (Å²) in [6.07, 6.45) is 3.89. The zero-order chi connectivity index (χ0) is 12.4. The number of unbranched alkanes of at least 4 members (excludes halogenated alkanes) is 2. The van der Waals surface area contributed by atoms with E-state index >= 15 is 0 Å². The molecular formula is C12H20O4. The Balaban J connectivity index is 3.54. The van der Waals surface area contributed by atoms with E-state index in [4.69, 9.17) is 5.11 Å². The number of carbonyl (C=O) groups is 3. The minimum atomic E-state index is -0.901. The van der Waals surface area contributed by atoms with Gasteiger partial charge in [-0.15, -0.1) is 0 Å². The largest absolute Gasteiger partial charge is 0.481 e. The Hall–Kier alpha value is -1.19. The van der Waals surface area contributed by atoms with Crippen LogP contribution in [0.3, 0.4) is 0 Å². The zero-order valence-corrected chi connectivity index (χ0v) is 9.83. The first-order chi connectivity index (χ1) is 7.56. The van der Waals surface area contributed by atoms with E-state index in [1.54, 1.807) is 0 Å². The van der Waals surface area contributed by atoms with Crippen molar-refractivity contribution in [2.24, 2.45) is 0 Å². The van der Waals surface area contributed by atoms with E-state index in [-0.39, 0.29) is 30.8 Å². The Bertz CT molecular complexity index is 245. The van der Waals surface area contributed by atoms with Crippen LogP contribution in [0.1, 0.15) is 58.3 Å². The van der Waals surface area contributed by atoms with Crippen LogP contribution in [-0.4, -0.2) is 22.6 Å². The van der Waals surface area contributed by atoms with Crippen molar-refractivity contribution in [1.82, 2.24) is 0 Å². The van der Waals surface area contributed by atoms with Crippen LogP contribution in [0.15, 0.2) is 0 Å². The maximum atomic E-state index is 11.3. The van der Waals surface area contributed by atoms with Crippen molar-refractivity contribution in [1.29, 1.82) is 0 Å². The fourth-order valence-corrected chi connectivity index (χ4v) is 1.41. The molecule has 0 spiro atoms. The first kappa shape index (κ1) is 14.8. The number of aliphatic carboxylic acids is 1. The van der Waals surface area contributed by atoms with Crippen LogP contribution in [0.4, 0.5) is 0 Å². The summed E-state index contributed by atoms with van der Waals surface area (Å²) in [6.45, 7) is 2.06. The van der Waals surface area contributed by atoms with Crippen molar-refractivity contribution >= 4 is 17.5 Å². The van der Waals surface area contributed by atoms with Crippen LogP contribution in [0.25, 0.3) is 0 Å². The lowest BCUT2D eigenvalue weighted by atomic mass is 10.0. The van der Waals surface area contributed by atoms with Crippen molar-refractivity contribution in [2.45, 2.75) is 58.3 Å². The van der Waals surface area contributed by atoms with Gasteiger partial charge in [0.15, 0.2) is 0 Å². The van der Waals surface area contributed by atoms with E-state index in [0.717, 1.165) is 19.3 Å². The summed E-state index contributed by atoms with van der Waals surface area (Å²) in [5.74, 6) is -1.06. The smallest absolute Gasteiger partial charge is 0.303 e. The summed E-state index contributed by atoms with van der Waals surface area (Å²) in [5.41, 5.74) is 0. The minimum Gasteiger partial charge on any atom is -0.481 e. The summed E-state index contributed by atoms with van der Waals surface area (Å²) < 4.78 is 0. The number of carboxylic acids is 1. The van der Waals surface area contributed by atoms with Gasteiger partial charge in [0.2, 0.25) is 0 Å². The minimum absolute atomic E-state index is 0.00420. The molecule has 0 rings (SSSR count). The van der Waals surface area contributed by atoms with Gasteiger partial charge in [0, 0.05) is 19.3 Å². The van der Waals surface area contributed by atoms with Crippen LogP contribution >= 0.6 is 0 Å². The Kier molecular flexibility index (Phi) is 8.39. The normalized spacial score (nSPS) is 10.1. The van der Waals surface area contributed by atoms with E-state index in [2.05, 4.69) is 6.92 Å². The molecule has 0 aliphatic heterocycles. The number of hydrogen-bond donors (Lipinski definition) is 1. The molecule has 0 radical (unpaired) electrons. The molecule has 0 atom stereocenters. The van der Waals surface area contributed by atoms with E-state index in [0.29, 0.717) is 12.8 Å². The molecule has 4 nitrogen and oxygen atoms in total.